The molecule has 5 aromatic carbocycles. The quantitative estimate of drug-likeness (QED) is 0.178. The Morgan fingerprint density at radius 2 is 1.43 bits per heavy atom. The Morgan fingerprint density at radius 3 is 2.11 bits per heavy atom. The summed E-state index contributed by atoms with van der Waals surface area (Å²) in [6, 6.07) is 42.4. The van der Waals surface area contributed by atoms with E-state index < -0.39 is 5.54 Å². The van der Waals surface area contributed by atoms with Crippen molar-refractivity contribution in [3.63, 3.8) is 0 Å². The zero-order valence-corrected chi connectivity index (χ0v) is 25.5. The fourth-order valence-electron chi connectivity index (χ4n) is 6.60. The van der Waals surface area contributed by atoms with Gasteiger partial charge >= 0.3 is 0 Å². The lowest BCUT2D eigenvalue weighted by Crippen LogP contribution is -2.43. The molecule has 2 N–H and O–H groups in total. The molecule has 1 aliphatic carbocycles. The second-order valence-electron chi connectivity index (χ2n) is 11.6. The summed E-state index contributed by atoms with van der Waals surface area (Å²) >= 11 is 0. The standard InChI is InChI=1S/C42H39NO/c1-30(36-21-12-13-24-41(36)44-3)25-26-32-15-14-16-33(29-32)38-28-27-37(39-22-10-11-23-40(38)39)31(2)42(43,34-17-6-4-7-18-34)35-19-8-5-9-20-35/h4-28,31-32H,1,29,43H2,2-3H3/b26-25-. The molecule has 2 nitrogen and oxygen atoms in total. The molecule has 218 valence electrons. The largest absolute Gasteiger partial charge is 0.496 e. The summed E-state index contributed by atoms with van der Waals surface area (Å²) in [7, 11) is 1.70. The number of benzene rings is 5. The molecule has 44 heavy (non-hydrogen) atoms. The topological polar surface area (TPSA) is 35.2 Å². The fourth-order valence-corrected chi connectivity index (χ4v) is 6.60. The van der Waals surface area contributed by atoms with Gasteiger partial charge in [0, 0.05) is 11.5 Å². The molecule has 0 amide bonds. The van der Waals surface area contributed by atoms with Crippen molar-refractivity contribution in [2.24, 2.45) is 11.7 Å². The van der Waals surface area contributed by atoms with Crippen LogP contribution in [-0.2, 0) is 5.54 Å². The third-order valence-corrected chi connectivity index (χ3v) is 9.07. The maximum absolute atomic E-state index is 7.48. The molecule has 0 saturated carbocycles. The van der Waals surface area contributed by atoms with E-state index in [4.69, 9.17) is 10.5 Å². The van der Waals surface area contributed by atoms with Crippen molar-refractivity contribution in [3.8, 4) is 5.75 Å². The molecule has 6 rings (SSSR count). The molecule has 0 bridgehead atoms. The van der Waals surface area contributed by atoms with Gasteiger partial charge in [0.1, 0.15) is 5.75 Å². The molecular weight excluding hydrogens is 534 g/mol. The van der Waals surface area contributed by atoms with E-state index in [9.17, 15) is 0 Å². The molecule has 0 saturated heterocycles. The van der Waals surface area contributed by atoms with Crippen molar-refractivity contribution in [3.05, 3.63) is 186 Å². The monoisotopic (exact) mass is 573 g/mol. The van der Waals surface area contributed by atoms with E-state index in [0.29, 0.717) is 0 Å². The Morgan fingerprint density at radius 1 is 0.818 bits per heavy atom. The van der Waals surface area contributed by atoms with Gasteiger partial charge in [0.25, 0.3) is 0 Å². The first-order valence-corrected chi connectivity index (χ1v) is 15.3. The highest BCUT2D eigenvalue weighted by Gasteiger charge is 2.37. The van der Waals surface area contributed by atoms with Crippen LogP contribution in [0, 0.1) is 5.92 Å². The maximum Gasteiger partial charge on any atom is 0.126 e. The van der Waals surface area contributed by atoms with E-state index in [1.54, 1.807) is 7.11 Å². The lowest BCUT2D eigenvalue weighted by molar-refractivity contribution is 0.413. The number of ether oxygens (including phenoxy) is 1. The summed E-state index contributed by atoms with van der Waals surface area (Å²) in [6.07, 6.45) is 12.0. The van der Waals surface area contributed by atoms with E-state index >= 15 is 0 Å². The third kappa shape index (κ3) is 5.57. The SMILES string of the molecule is C=C(/C=C\C1C=CC=C(c2ccc(C(C)C(N)(c3ccccc3)c3ccccc3)c3ccccc23)C1)c1ccccc1OC. The predicted octanol–water partition coefficient (Wildman–Crippen LogP) is 10.1. The maximum atomic E-state index is 7.48. The number of para-hydroxylation sites is 1. The minimum atomic E-state index is -0.695. The Bertz CT molecular complexity index is 1820. The molecule has 2 atom stereocenters. The first-order chi connectivity index (χ1) is 21.5. The van der Waals surface area contributed by atoms with Gasteiger partial charge in [0.15, 0.2) is 0 Å². The smallest absolute Gasteiger partial charge is 0.126 e. The molecule has 5 aromatic rings. The highest BCUT2D eigenvalue weighted by Crippen LogP contribution is 2.44. The van der Waals surface area contributed by atoms with Crippen molar-refractivity contribution >= 4 is 21.9 Å². The Kier molecular flexibility index (Phi) is 8.45. The summed E-state index contributed by atoms with van der Waals surface area (Å²) in [5.41, 5.74) is 14.8. The number of fused-ring (bicyclic) bond motifs is 1. The Labute approximate surface area is 261 Å². The van der Waals surface area contributed by atoms with Crippen LogP contribution in [0.1, 0.15) is 47.1 Å². The summed E-state index contributed by atoms with van der Waals surface area (Å²) in [6.45, 7) is 6.57. The number of methoxy groups -OCH3 is 1. The molecule has 1 aliphatic rings. The van der Waals surface area contributed by atoms with Crippen molar-refractivity contribution in [2.75, 3.05) is 7.11 Å². The van der Waals surface area contributed by atoms with Crippen LogP contribution in [0.5, 0.6) is 5.75 Å². The van der Waals surface area contributed by atoms with Gasteiger partial charge in [-0.25, -0.2) is 0 Å². The van der Waals surface area contributed by atoms with Gasteiger partial charge < -0.3 is 10.5 Å². The summed E-state index contributed by atoms with van der Waals surface area (Å²) in [5, 5.41) is 2.49. The molecule has 2 heteroatoms. The van der Waals surface area contributed by atoms with Gasteiger partial charge in [-0.3, -0.25) is 0 Å². The molecule has 0 aromatic heterocycles. The van der Waals surface area contributed by atoms with Crippen LogP contribution >= 0.6 is 0 Å². The third-order valence-electron chi connectivity index (χ3n) is 9.07. The molecule has 2 unspecified atom stereocenters. The van der Waals surface area contributed by atoms with E-state index in [0.717, 1.165) is 34.4 Å². The molecule has 0 heterocycles. The van der Waals surface area contributed by atoms with Gasteiger partial charge in [-0.05, 0) is 62.6 Å². The van der Waals surface area contributed by atoms with Crippen molar-refractivity contribution < 1.29 is 4.74 Å². The van der Waals surface area contributed by atoms with Crippen molar-refractivity contribution in [1.82, 2.24) is 0 Å². The molecule has 0 spiro atoms. The fraction of sp³-hybridized carbons (Fsp3) is 0.143. The van der Waals surface area contributed by atoms with E-state index in [1.165, 1.54) is 27.5 Å². The minimum absolute atomic E-state index is 0.0168. The van der Waals surface area contributed by atoms with Crippen LogP contribution in [-0.4, -0.2) is 7.11 Å². The normalized spacial score (nSPS) is 15.7. The number of hydrogen-bond acceptors (Lipinski definition) is 2. The average Bonchev–Trinajstić information content (AvgIpc) is 3.10. The first kappa shape index (κ1) is 29.2. The van der Waals surface area contributed by atoms with Crippen LogP contribution in [0.4, 0.5) is 0 Å². The predicted molar refractivity (Wildman–Crippen MR) is 187 cm³/mol. The summed E-state index contributed by atoms with van der Waals surface area (Å²) < 4.78 is 5.55. The lowest BCUT2D eigenvalue weighted by atomic mass is 9.70. The summed E-state index contributed by atoms with van der Waals surface area (Å²) in [5.74, 6) is 1.12. The average molecular weight is 574 g/mol. The highest BCUT2D eigenvalue weighted by molar-refractivity contribution is 5.97. The minimum Gasteiger partial charge on any atom is -0.496 e. The molecule has 0 fully saturated rings. The lowest BCUT2D eigenvalue weighted by Gasteiger charge is -2.38. The van der Waals surface area contributed by atoms with Crippen LogP contribution in [0.15, 0.2) is 158 Å². The second-order valence-corrected chi connectivity index (χ2v) is 11.6. The van der Waals surface area contributed by atoms with Gasteiger partial charge in [-0.1, -0.05) is 159 Å². The zero-order valence-electron chi connectivity index (χ0n) is 25.5. The van der Waals surface area contributed by atoms with Gasteiger partial charge in [0.05, 0.1) is 12.6 Å². The second kappa shape index (κ2) is 12.8. The van der Waals surface area contributed by atoms with E-state index in [1.807, 2.05) is 36.4 Å². The van der Waals surface area contributed by atoms with Crippen LogP contribution < -0.4 is 10.5 Å². The van der Waals surface area contributed by atoms with Crippen molar-refractivity contribution in [1.29, 1.82) is 0 Å². The zero-order chi connectivity index (χ0) is 30.5. The highest BCUT2D eigenvalue weighted by atomic mass is 16.5. The first-order valence-electron chi connectivity index (χ1n) is 15.3. The van der Waals surface area contributed by atoms with E-state index in [-0.39, 0.29) is 11.8 Å². The van der Waals surface area contributed by atoms with Gasteiger partial charge in [-0.2, -0.15) is 0 Å². The molecule has 0 aliphatic heterocycles. The Balaban J connectivity index is 1.33. The van der Waals surface area contributed by atoms with Crippen molar-refractivity contribution in [2.45, 2.75) is 24.8 Å². The summed E-state index contributed by atoms with van der Waals surface area (Å²) in [4.78, 5) is 0. The molecule has 0 radical (unpaired) electrons. The van der Waals surface area contributed by atoms with Gasteiger partial charge in [-0.15, -0.1) is 0 Å². The number of nitrogens with two attached hydrogens (primary N) is 1. The van der Waals surface area contributed by atoms with Crippen LogP contribution in [0.25, 0.3) is 21.9 Å². The number of allylic oxidation sites excluding steroid dienone is 7. The number of rotatable bonds is 9. The van der Waals surface area contributed by atoms with Crippen LogP contribution in [0.3, 0.4) is 0 Å². The van der Waals surface area contributed by atoms with Gasteiger partial charge in [0.2, 0.25) is 0 Å². The Hall–Kier alpha value is -4.92. The van der Waals surface area contributed by atoms with Crippen LogP contribution in [0.2, 0.25) is 0 Å². The van der Waals surface area contributed by atoms with E-state index in [2.05, 4.69) is 129 Å². The number of hydrogen-bond donors (Lipinski definition) is 1. The molecular formula is C42H39NO.